The highest BCUT2D eigenvalue weighted by atomic mass is 16.2. The van der Waals surface area contributed by atoms with Crippen molar-refractivity contribution in [1.29, 1.82) is 0 Å². The van der Waals surface area contributed by atoms with E-state index in [0.717, 1.165) is 16.7 Å². The monoisotopic (exact) mass is 296 g/mol. The lowest BCUT2D eigenvalue weighted by atomic mass is 10.1. The molecule has 0 fully saturated rings. The highest BCUT2D eigenvalue weighted by molar-refractivity contribution is 6.39. The number of carbonyl (C=O) groups excluding carboxylic acids is 2. The average Bonchev–Trinajstić information content (AvgIpc) is 2.52. The molecule has 2 rings (SSSR count). The van der Waals surface area contributed by atoms with Gasteiger partial charge in [-0.1, -0.05) is 42.5 Å². The van der Waals surface area contributed by atoms with E-state index in [1.807, 2.05) is 63.2 Å². The van der Waals surface area contributed by atoms with Gasteiger partial charge in [0.25, 0.3) is 0 Å². The molecule has 0 spiro atoms. The van der Waals surface area contributed by atoms with Crippen LogP contribution in [0.5, 0.6) is 0 Å². The van der Waals surface area contributed by atoms with Gasteiger partial charge in [0, 0.05) is 5.69 Å². The molecule has 2 aromatic carbocycles. The van der Waals surface area contributed by atoms with Gasteiger partial charge < -0.3 is 10.6 Å². The van der Waals surface area contributed by atoms with Crippen LogP contribution in [-0.2, 0) is 9.59 Å². The number of benzene rings is 2. The predicted octanol–water partition coefficient (Wildman–Crippen LogP) is 3.12. The standard InChI is InChI=1S/C18H20N2O2/c1-12-8-7-11-16(13(12)2)20-18(22)17(21)19-14(3)15-9-5-4-6-10-15/h4-11,14H,1-3H3,(H,19,21)(H,20,22)/t14-/m0/s1. The largest absolute Gasteiger partial charge is 0.341 e. The number of aryl methyl sites for hydroxylation is 1. The minimum atomic E-state index is -0.656. The Balaban J connectivity index is 2.01. The van der Waals surface area contributed by atoms with E-state index in [1.165, 1.54) is 0 Å². The van der Waals surface area contributed by atoms with Crippen molar-refractivity contribution in [3.63, 3.8) is 0 Å². The van der Waals surface area contributed by atoms with Gasteiger partial charge in [-0.25, -0.2) is 0 Å². The van der Waals surface area contributed by atoms with E-state index in [4.69, 9.17) is 0 Å². The second-order valence-electron chi connectivity index (χ2n) is 5.31. The van der Waals surface area contributed by atoms with Gasteiger partial charge in [0.05, 0.1) is 6.04 Å². The Kier molecular flexibility index (Phi) is 4.94. The first-order valence-electron chi connectivity index (χ1n) is 7.22. The molecule has 0 aliphatic rings. The first kappa shape index (κ1) is 15.8. The quantitative estimate of drug-likeness (QED) is 0.855. The first-order valence-corrected chi connectivity index (χ1v) is 7.22. The fourth-order valence-corrected chi connectivity index (χ4v) is 2.15. The first-order chi connectivity index (χ1) is 10.5. The Morgan fingerprint density at radius 2 is 1.59 bits per heavy atom. The third-order valence-electron chi connectivity index (χ3n) is 3.71. The zero-order valence-electron chi connectivity index (χ0n) is 13.0. The number of hydrogen-bond acceptors (Lipinski definition) is 2. The lowest BCUT2D eigenvalue weighted by Crippen LogP contribution is -2.37. The Morgan fingerprint density at radius 1 is 0.909 bits per heavy atom. The molecule has 4 heteroatoms. The lowest BCUT2D eigenvalue weighted by molar-refractivity contribution is -0.136. The number of nitrogens with one attached hydrogen (secondary N) is 2. The van der Waals surface area contributed by atoms with Crippen LogP contribution in [0.15, 0.2) is 48.5 Å². The molecular weight excluding hydrogens is 276 g/mol. The van der Waals surface area contributed by atoms with Crippen molar-refractivity contribution in [2.24, 2.45) is 0 Å². The summed E-state index contributed by atoms with van der Waals surface area (Å²) in [6.45, 7) is 5.72. The fraction of sp³-hybridized carbons (Fsp3) is 0.222. The summed E-state index contributed by atoms with van der Waals surface area (Å²) in [5.41, 5.74) is 3.64. The number of rotatable bonds is 3. The summed E-state index contributed by atoms with van der Waals surface area (Å²) in [6, 6.07) is 14.9. The van der Waals surface area contributed by atoms with Gasteiger partial charge in [-0.3, -0.25) is 9.59 Å². The summed E-state index contributed by atoms with van der Waals surface area (Å²) in [7, 11) is 0. The van der Waals surface area contributed by atoms with E-state index in [-0.39, 0.29) is 6.04 Å². The maximum Gasteiger partial charge on any atom is 0.313 e. The molecule has 0 aliphatic carbocycles. The summed E-state index contributed by atoms with van der Waals surface area (Å²) >= 11 is 0. The zero-order valence-corrected chi connectivity index (χ0v) is 13.0. The molecule has 0 aromatic heterocycles. The van der Waals surface area contributed by atoms with Gasteiger partial charge in [-0.2, -0.15) is 0 Å². The van der Waals surface area contributed by atoms with Crippen molar-refractivity contribution in [2.75, 3.05) is 5.32 Å². The fourth-order valence-electron chi connectivity index (χ4n) is 2.15. The van der Waals surface area contributed by atoms with Crippen LogP contribution >= 0.6 is 0 Å². The van der Waals surface area contributed by atoms with E-state index in [9.17, 15) is 9.59 Å². The Labute approximate surface area is 130 Å². The summed E-state index contributed by atoms with van der Waals surface area (Å²) < 4.78 is 0. The molecule has 0 aliphatic heterocycles. The van der Waals surface area contributed by atoms with Crippen molar-refractivity contribution >= 4 is 17.5 Å². The molecule has 0 unspecified atom stereocenters. The van der Waals surface area contributed by atoms with E-state index in [0.29, 0.717) is 5.69 Å². The van der Waals surface area contributed by atoms with Crippen molar-refractivity contribution < 1.29 is 9.59 Å². The van der Waals surface area contributed by atoms with Crippen LogP contribution in [0, 0.1) is 13.8 Å². The molecule has 22 heavy (non-hydrogen) atoms. The second kappa shape index (κ2) is 6.89. The topological polar surface area (TPSA) is 58.2 Å². The van der Waals surface area contributed by atoms with Crippen molar-refractivity contribution in [3.05, 3.63) is 65.2 Å². The van der Waals surface area contributed by atoms with Crippen molar-refractivity contribution in [1.82, 2.24) is 5.32 Å². The van der Waals surface area contributed by atoms with Gasteiger partial charge in [-0.05, 0) is 43.5 Å². The highest BCUT2D eigenvalue weighted by Crippen LogP contribution is 2.18. The van der Waals surface area contributed by atoms with Crippen LogP contribution in [-0.4, -0.2) is 11.8 Å². The van der Waals surface area contributed by atoms with Crippen molar-refractivity contribution in [2.45, 2.75) is 26.8 Å². The SMILES string of the molecule is Cc1cccc(NC(=O)C(=O)N[C@@H](C)c2ccccc2)c1C. The van der Waals surface area contributed by atoms with E-state index in [1.54, 1.807) is 6.07 Å². The molecule has 2 amide bonds. The van der Waals surface area contributed by atoms with Gasteiger partial charge in [0.15, 0.2) is 0 Å². The number of carbonyl (C=O) groups is 2. The molecule has 0 saturated heterocycles. The molecular formula is C18H20N2O2. The number of hydrogen-bond donors (Lipinski definition) is 2. The lowest BCUT2D eigenvalue weighted by Gasteiger charge is -2.15. The van der Waals surface area contributed by atoms with Crippen LogP contribution in [0.25, 0.3) is 0 Å². The van der Waals surface area contributed by atoms with Gasteiger partial charge in [0.1, 0.15) is 0 Å². The van der Waals surface area contributed by atoms with Crippen LogP contribution in [0.3, 0.4) is 0 Å². The molecule has 1 atom stereocenters. The molecule has 2 N–H and O–H groups in total. The average molecular weight is 296 g/mol. The van der Waals surface area contributed by atoms with E-state index in [2.05, 4.69) is 10.6 Å². The third kappa shape index (κ3) is 3.73. The minimum absolute atomic E-state index is 0.224. The molecule has 0 bridgehead atoms. The predicted molar refractivity (Wildman–Crippen MR) is 87.5 cm³/mol. The summed E-state index contributed by atoms with van der Waals surface area (Å²) in [5, 5.41) is 5.36. The smallest absolute Gasteiger partial charge is 0.313 e. The Hall–Kier alpha value is -2.62. The van der Waals surface area contributed by atoms with Gasteiger partial charge in [-0.15, -0.1) is 0 Å². The molecule has 2 aromatic rings. The maximum absolute atomic E-state index is 12.0. The van der Waals surface area contributed by atoms with Crippen LogP contribution in [0.4, 0.5) is 5.69 Å². The molecule has 4 nitrogen and oxygen atoms in total. The third-order valence-corrected chi connectivity index (χ3v) is 3.71. The zero-order chi connectivity index (χ0) is 16.1. The van der Waals surface area contributed by atoms with Gasteiger partial charge >= 0.3 is 11.8 Å². The van der Waals surface area contributed by atoms with Crippen molar-refractivity contribution in [3.8, 4) is 0 Å². The molecule has 0 heterocycles. The highest BCUT2D eigenvalue weighted by Gasteiger charge is 2.17. The summed E-state index contributed by atoms with van der Waals surface area (Å²) in [6.07, 6.45) is 0. The normalized spacial score (nSPS) is 11.6. The summed E-state index contributed by atoms with van der Waals surface area (Å²) in [5.74, 6) is -1.30. The second-order valence-corrected chi connectivity index (χ2v) is 5.31. The summed E-state index contributed by atoms with van der Waals surface area (Å²) in [4.78, 5) is 24.0. The Bertz CT molecular complexity index is 681. The number of anilines is 1. The van der Waals surface area contributed by atoms with E-state index >= 15 is 0 Å². The van der Waals surface area contributed by atoms with Gasteiger partial charge in [0.2, 0.25) is 0 Å². The minimum Gasteiger partial charge on any atom is -0.341 e. The molecule has 114 valence electrons. The van der Waals surface area contributed by atoms with Crippen LogP contribution in [0.2, 0.25) is 0 Å². The van der Waals surface area contributed by atoms with E-state index < -0.39 is 11.8 Å². The molecule has 0 radical (unpaired) electrons. The number of amides is 2. The Morgan fingerprint density at radius 3 is 2.27 bits per heavy atom. The molecule has 0 saturated carbocycles. The maximum atomic E-state index is 12.0. The van der Waals surface area contributed by atoms with Crippen LogP contribution < -0.4 is 10.6 Å². The van der Waals surface area contributed by atoms with Crippen LogP contribution in [0.1, 0.15) is 29.7 Å².